The van der Waals surface area contributed by atoms with Gasteiger partial charge < -0.3 is 0 Å². The molecule has 0 aliphatic carbocycles. The third-order valence-corrected chi connectivity index (χ3v) is 3.49. The molecule has 0 aromatic heterocycles. The molecule has 0 radical (unpaired) electrons. The van der Waals surface area contributed by atoms with Crippen LogP contribution in [0.15, 0.2) is 16.6 Å². The van der Waals surface area contributed by atoms with Gasteiger partial charge in [0.05, 0.1) is 0 Å². The molecule has 1 nitrogen and oxygen atoms in total. The van der Waals surface area contributed by atoms with E-state index in [1.807, 2.05) is 19.1 Å². The summed E-state index contributed by atoms with van der Waals surface area (Å²) >= 11 is 5.56. The van der Waals surface area contributed by atoms with Crippen LogP contribution in [0.25, 0.3) is 0 Å². The van der Waals surface area contributed by atoms with E-state index < -0.39 is 0 Å². The second-order valence-electron chi connectivity index (χ2n) is 2.64. The van der Waals surface area contributed by atoms with Crippen LogP contribution >= 0.6 is 38.5 Å². The molecular formula is C9H8BrIO. The van der Waals surface area contributed by atoms with Gasteiger partial charge in [0, 0.05) is 13.6 Å². The molecule has 0 spiro atoms. The van der Waals surface area contributed by atoms with E-state index in [0.29, 0.717) is 0 Å². The summed E-state index contributed by atoms with van der Waals surface area (Å²) in [7, 11) is 0. The van der Waals surface area contributed by atoms with E-state index in [-0.39, 0.29) is 5.78 Å². The molecule has 1 rings (SSSR count). The number of hydrogen-bond donors (Lipinski definition) is 0. The van der Waals surface area contributed by atoms with Gasteiger partial charge in [-0.3, -0.25) is 4.79 Å². The summed E-state index contributed by atoms with van der Waals surface area (Å²) in [4.78, 5) is 11.1. The summed E-state index contributed by atoms with van der Waals surface area (Å²) in [6.07, 6.45) is 0. The third kappa shape index (κ3) is 2.07. The summed E-state index contributed by atoms with van der Waals surface area (Å²) in [5, 5.41) is 0. The number of carbonyl (C=O) groups is 1. The summed E-state index contributed by atoms with van der Waals surface area (Å²) < 4.78 is 2.01. The Labute approximate surface area is 93.8 Å². The fourth-order valence-corrected chi connectivity index (χ4v) is 2.25. The van der Waals surface area contributed by atoms with Gasteiger partial charge in [-0.1, -0.05) is 15.9 Å². The largest absolute Gasteiger partial charge is 0.294 e. The molecule has 12 heavy (non-hydrogen) atoms. The van der Waals surface area contributed by atoms with Crippen LogP contribution in [-0.2, 0) is 0 Å². The number of hydrogen-bond acceptors (Lipinski definition) is 1. The van der Waals surface area contributed by atoms with Gasteiger partial charge in [-0.25, -0.2) is 0 Å². The number of benzene rings is 1. The SMILES string of the molecule is CC(=O)c1cc(Br)cc(C)c1I. The zero-order valence-electron chi connectivity index (χ0n) is 6.82. The number of Topliss-reactive ketones (excluding diaryl/α,β-unsaturated/α-hetero) is 1. The van der Waals surface area contributed by atoms with Crippen LogP contribution in [0.5, 0.6) is 0 Å². The average molecular weight is 339 g/mol. The molecule has 0 amide bonds. The van der Waals surface area contributed by atoms with Crippen molar-refractivity contribution in [1.29, 1.82) is 0 Å². The Kier molecular flexibility index (Phi) is 3.29. The normalized spacial score (nSPS) is 10.0. The van der Waals surface area contributed by atoms with Crippen molar-refractivity contribution in [2.45, 2.75) is 13.8 Å². The fraction of sp³-hybridized carbons (Fsp3) is 0.222. The quantitative estimate of drug-likeness (QED) is 0.565. The lowest BCUT2D eigenvalue weighted by atomic mass is 10.1. The van der Waals surface area contributed by atoms with E-state index in [1.165, 1.54) is 0 Å². The van der Waals surface area contributed by atoms with Crippen molar-refractivity contribution < 1.29 is 4.79 Å². The molecule has 1 aromatic rings. The summed E-state index contributed by atoms with van der Waals surface area (Å²) in [5.74, 6) is 0.115. The first-order valence-corrected chi connectivity index (χ1v) is 5.36. The first-order valence-electron chi connectivity index (χ1n) is 3.49. The highest BCUT2D eigenvalue weighted by molar-refractivity contribution is 14.1. The van der Waals surface area contributed by atoms with E-state index in [1.54, 1.807) is 6.92 Å². The van der Waals surface area contributed by atoms with Crippen LogP contribution in [0, 0.1) is 10.5 Å². The number of halogens is 2. The van der Waals surface area contributed by atoms with Gasteiger partial charge in [0.25, 0.3) is 0 Å². The van der Waals surface area contributed by atoms with Crippen LogP contribution in [0.4, 0.5) is 0 Å². The second-order valence-corrected chi connectivity index (χ2v) is 4.63. The van der Waals surface area contributed by atoms with E-state index in [4.69, 9.17) is 0 Å². The van der Waals surface area contributed by atoms with Gasteiger partial charge in [-0.2, -0.15) is 0 Å². The topological polar surface area (TPSA) is 17.1 Å². The molecule has 0 fully saturated rings. The molecular weight excluding hydrogens is 331 g/mol. The second kappa shape index (κ2) is 3.87. The third-order valence-electron chi connectivity index (χ3n) is 1.60. The van der Waals surface area contributed by atoms with Crippen molar-refractivity contribution in [3.05, 3.63) is 31.3 Å². The van der Waals surface area contributed by atoms with Gasteiger partial charge in [0.2, 0.25) is 0 Å². The van der Waals surface area contributed by atoms with Gasteiger partial charge in [0.15, 0.2) is 5.78 Å². The Bertz CT molecular complexity index is 334. The Morgan fingerprint density at radius 2 is 2.08 bits per heavy atom. The lowest BCUT2D eigenvalue weighted by Crippen LogP contribution is -1.97. The first-order chi connectivity index (χ1) is 5.52. The molecule has 0 aliphatic heterocycles. The van der Waals surface area contributed by atoms with Crippen molar-refractivity contribution in [2.24, 2.45) is 0 Å². The monoisotopic (exact) mass is 338 g/mol. The summed E-state index contributed by atoms with van der Waals surface area (Å²) in [6, 6.07) is 3.87. The van der Waals surface area contributed by atoms with E-state index >= 15 is 0 Å². The Morgan fingerprint density at radius 1 is 1.50 bits per heavy atom. The lowest BCUT2D eigenvalue weighted by Gasteiger charge is -2.04. The number of ketones is 1. The van der Waals surface area contributed by atoms with Crippen LogP contribution in [0.1, 0.15) is 22.8 Å². The predicted molar refractivity (Wildman–Crippen MR) is 61.6 cm³/mol. The van der Waals surface area contributed by atoms with Crippen molar-refractivity contribution in [3.63, 3.8) is 0 Å². The van der Waals surface area contributed by atoms with Gasteiger partial charge in [0.1, 0.15) is 0 Å². The smallest absolute Gasteiger partial charge is 0.160 e. The average Bonchev–Trinajstić information content (AvgIpc) is 1.96. The maximum absolute atomic E-state index is 11.1. The molecule has 1 aromatic carbocycles. The highest BCUT2D eigenvalue weighted by Gasteiger charge is 2.07. The molecule has 0 saturated carbocycles. The zero-order valence-corrected chi connectivity index (χ0v) is 10.6. The first kappa shape index (κ1) is 10.2. The molecule has 0 heterocycles. The van der Waals surface area contributed by atoms with Crippen molar-refractivity contribution in [3.8, 4) is 0 Å². The minimum Gasteiger partial charge on any atom is -0.294 e. The fourth-order valence-electron chi connectivity index (χ4n) is 0.982. The van der Waals surface area contributed by atoms with Crippen molar-refractivity contribution in [2.75, 3.05) is 0 Å². The van der Waals surface area contributed by atoms with Crippen LogP contribution < -0.4 is 0 Å². The van der Waals surface area contributed by atoms with Crippen LogP contribution in [0.3, 0.4) is 0 Å². The number of rotatable bonds is 1. The standard InChI is InChI=1S/C9H8BrIO/c1-5-3-7(10)4-8(6(2)12)9(5)11/h3-4H,1-2H3. The number of aryl methyl sites for hydroxylation is 1. The zero-order chi connectivity index (χ0) is 9.30. The molecule has 0 unspecified atom stereocenters. The number of carbonyl (C=O) groups excluding carboxylic acids is 1. The van der Waals surface area contributed by atoms with Crippen molar-refractivity contribution >= 4 is 44.3 Å². The minimum atomic E-state index is 0.115. The van der Waals surface area contributed by atoms with Gasteiger partial charge in [-0.15, -0.1) is 0 Å². The lowest BCUT2D eigenvalue weighted by molar-refractivity contribution is 0.101. The van der Waals surface area contributed by atoms with E-state index in [0.717, 1.165) is 19.2 Å². The Hall–Kier alpha value is 0.1000. The maximum atomic E-state index is 11.1. The molecule has 0 atom stereocenters. The maximum Gasteiger partial charge on any atom is 0.160 e. The van der Waals surface area contributed by atoms with E-state index in [2.05, 4.69) is 38.5 Å². The summed E-state index contributed by atoms with van der Waals surface area (Å²) in [6.45, 7) is 3.59. The minimum absolute atomic E-state index is 0.115. The van der Waals surface area contributed by atoms with Crippen LogP contribution in [-0.4, -0.2) is 5.78 Å². The Balaban J connectivity index is 3.37. The molecule has 0 bridgehead atoms. The van der Waals surface area contributed by atoms with Gasteiger partial charge >= 0.3 is 0 Å². The molecule has 64 valence electrons. The molecule has 0 aliphatic rings. The van der Waals surface area contributed by atoms with E-state index in [9.17, 15) is 4.79 Å². The van der Waals surface area contributed by atoms with Crippen LogP contribution in [0.2, 0.25) is 0 Å². The molecule has 0 N–H and O–H groups in total. The van der Waals surface area contributed by atoms with Crippen molar-refractivity contribution in [1.82, 2.24) is 0 Å². The molecule has 0 saturated heterocycles. The summed E-state index contributed by atoms with van der Waals surface area (Å²) in [5.41, 5.74) is 1.93. The predicted octanol–water partition coefficient (Wildman–Crippen LogP) is 3.56. The molecule has 3 heteroatoms. The Morgan fingerprint density at radius 3 is 2.58 bits per heavy atom. The highest BCUT2D eigenvalue weighted by atomic mass is 127. The van der Waals surface area contributed by atoms with Gasteiger partial charge in [-0.05, 0) is 54.1 Å². The highest BCUT2D eigenvalue weighted by Crippen LogP contribution is 2.22.